The van der Waals surface area contributed by atoms with E-state index in [0.717, 1.165) is 4.47 Å². The second-order valence-corrected chi connectivity index (χ2v) is 5.32. The number of carbonyl (C=O) groups is 1. The van der Waals surface area contributed by atoms with E-state index in [9.17, 15) is 4.79 Å². The minimum absolute atomic E-state index is 0.0394. The maximum atomic E-state index is 12.4. The van der Waals surface area contributed by atoms with Crippen LogP contribution in [0.25, 0.3) is 0 Å². The van der Waals surface area contributed by atoms with E-state index in [1.165, 1.54) is 6.26 Å². The normalized spacial score (nSPS) is 24.7. The van der Waals surface area contributed by atoms with Crippen molar-refractivity contribution in [3.63, 3.8) is 0 Å². The molecule has 3 rings (SSSR count). The number of rotatable bonds is 2. The van der Waals surface area contributed by atoms with Crippen molar-refractivity contribution in [1.29, 1.82) is 0 Å². The summed E-state index contributed by atoms with van der Waals surface area (Å²) in [5.74, 6) is 0.579. The van der Waals surface area contributed by atoms with Crippen molar-refractivity contribution in [1.82, 2.24) is 0 Å². The average molecular weight is 325 g/mol. The number of carbonyl (C=O) groups excluding carboxylic acids is 1. The smallest absolute Gasteiger partial charge is 0.202 e. The fourth-order valence-electron chi connectivity index (χ4n) is 2.28. The molecule has 0 unspecified atom stereocenters. The van der Waals surface area contributed by atoms with Gasteiger partial charge in [-0.25, -0.2) is 0 Å². The second-order valence-electron chi connectivity index (χ2n) is 4.41. The van der Waals surface area contributed by atoms with Gasteiger partial charge in [0.2, 0.25) is 6.29 Å². The van der Waals surface area contributed by atoms with Crippen LogP contribution in [0.2, 0.25) is 0 Å². The Hall–Kier alpha value is -1.33. The molecule has 0 spiro atoms. The fraction of sp³-hybridized carbons (Fsp3) is 0.357. The fourth-order valence-corrected chi connectivity index (χ4v) is 2.64. The van der Waals surface area contributed by atoms with Crippen LogP contribution in [-0.2, 0) is 9.47 Å². The van der Waals surface area contributed by atoms with E-state index < -0.39 is 0 Å². The maximum absolute atomic E-state index is 12.4. The van der Waals surface area contributed by atoms with Gasteiger partial charge < -0.3 is 14.2 Å². The van der Waals surface area contributed by atoms with Crippen LogP contribution in [0, 0.1) is 0 Å². The quantitative estimate of drug-likeness (QED) is 0.838. The summed E-state index contributed by atoms with van der Waals surface area (Å²) in [4.78, 5) is 12.4. The molecular formula is C14H13BrO4. The van der Waals surface area contributed by atoms with Crippen molar-refractivity contribution in [2.24, 2.45) is 0 Å². The molecule has 5 heteroatoms. The molecule has 0 radical (unpaired) electrons. The highest BCUT2D eigenvalue weighted by molar-refractivity contribution is 9.10. The van der Waals surface area contributed by atoms with Gasteiger partial charge in [-0.3, -0.25) is 4.79 Å². The molecule has 1 aromatic carbocycles. The van der Waals surface area contributed by atoms with E-state index >= 15 is 0 Å². The Bertz CT molecular complexity index is 552. The number of hydrogen-bond acceptors (Lipinski definition) is 4. The average Bonchev–Trinajstić information content (AvgIpc) is 2.40. The standard InChI is InChI=1S/C14H13BrO4/c1-2-17-13-6-12-10(7-18-13)14(16)9-5-8(15)3-4-11(9)19-12/h3-5,7,12-13H,2,6H2,1H3/t12-,13-/m0/s1. The van der Waals surface area contributed by atoms with Crippen molar-refractivity contribution in [3.8, 4) is 5.75 Å². The molecule has 2 heterocycles. The van der Waals surface area contributed by atoms with Gasteiger partial charge in [-0.1, -0.05) is 15.9 Å². The summed E-state index contributed by atoms with van der Waals surface area (Å²) in [6.45, 7) is 2.47. The van der Waals surface area contributed by atoms with Crippen LogP contribution in [0.3, 0.4) is 0 Å². The second kappa shape index (κ2) is 4.98. The summed E-state index contributed by atoms with van der Waals surface area (Å²) in [6.07, 6.45) is 1.37. The Morgan fingerprint density at radius 2 is 2.32 bits per heavy atom. The first kappa shape index (κ1) is 12.7. The number of ether oxygens (including phenoxy) is 3. The zero-order chi connectivity index (χ0) is 13.4. The van der Waals surface area contributed by atoms with Gasteiger partial charge in [0.15, 0.2) is 5.78 Å². The number of ketones is 1. The van der Waals surface area contributed by atoms with Gasteiger partial charge in [0.1, 0.15) is 11.9 Å². The van der Waals surface area contributed by atoms with Gasteiger partial charge in [-0.05, 0) is 25.1 Å². The molecule has 4 nitrogen and oxygen atoms in total. The van der Waals surface area contributed by atoms with Crippen LogP contribution >= 0.6 is 15.9 Å². The van der Waals surface area contributed by atoms with Gasteiger partial charge in [-0.15, -0.1) is 0 Å². The predicted octanol–water partition coefficient (Wildman–Crippen LogP) is 3.06. The lowest BCUT2D eigenvalue weighted by Gasteiger charge is -2.33. The van der Waals surface area contributed by atoms with Crippen molar-refractivity contribution < 1.29 is 19.0 Å². The summed E-state index contributed by atoms with van der Waals surface area (Å²) >= 11 is 3.36. The van der Waals surface area contributed by atoms with Crippen molar-refractivity contribution in [2.75, 3.05) is 6.61 Å². The van der Waals surface area contributed by atoms with E-state index in [-0.39, 0.29) is 18.2 Å². The molecule has 0 bridgehead atoms. The van der Waals surface area contributed by atoms with E-state index in [2.05, 4.69) is 15.9 Å². The monoisotopic (exact) mass is 324 g/mol. The summed E-state index contributed by atoms with van der Waals surface area (Å²) in [5, 5.41) is 0. The third kappa shape index (κ3) is 2.28. The SMILES string of the molecule is CCO[C@@H]1C[C@@H]2Oc3ccc(Br)cc3C(=O)C2=CO1. The maximum Gasteiger partial charge on any atom is 0.202 e. The molecule has 2 atom stereocenters. The van der Waals surface area contributed by atoms with Crippen LogP contribution in [0.15, 0.2) is 34.5 Å². The lowest BCUT2D eigenvalue weighted by atomic mass is 9.93. The van der Waals surface area contributed by atoms with Crippen LogP contribution in [0.4, 0.5) is 0 Å². The first-order valence-corrected chi connectivity index (χ1v) is 6.96. The van der Waals surface area contributed by atoms with E-state index in [1.807, 2.05) is 13.0 Å². The molecule has 0 saturated carbocycles. The molecule has 0 amide bonds. The number of Topliss-reactive ketones (excluding diaryl/α,β-unsaturated/α-hetero) is 1. The van der Waals surface area contributed by atoms with Crippen molar-refractivity contribution >= 4 is 21.7 Å². The molecule has 100 valence electrons. The van der Waals surface area contributed by atoms with E-state index in [4.69, 9.17) is 14.2 Å². The van der Waals surface area contributed by atoms with E-state index in [1.54, 1.807) is 12.1 Å². The number of hydrogen-bond donors (Lipinski definition) is 0. The topological polar surface area (TPSA) is 44.8 Å². The summed E-state index contributed by atoms with van der Waals surface area (Å²) in [6, 6.07) is 5.43. The summed E-state index contributed by atoms with van der Waals surface area (Å²) in [5.41, 5.74) is 1.12. The van der Waals surface area contributed by atoms with Crippen LogP contribution in [-0.4, -0.2) is 24.8 Å². The summed E-state index contributed by atoms with van der Waals surface area (Å²) < 4.78 is 17.5. The lowest BCUT2D eigenvalue weighted by molar-refractivity contribution is -0.127. The molecule has 2 aliphatic rings. The van der Waals surface area contributed by atoms with Crippen molar-refractivity contribution in [3.05, 3.63) is 40.1 Å². The Labute approximate surface area is 119 Å². The molecule has 1 aromatic rings. The largest absolute Gasteiger partial charge is 0.484 e. The zero-order valence-corrected chi connectivity index (χ0v) is 12.0. The molecule has 2 aliphatic heterocycles. The van der Waals surface area contributed by atoms with Gasteiger partial charge in [0.05, 0.1) is 23.8 Å². The van der Waals surface area contributed by atoms with E-state index in [0.29, 0.717) is 29.9 Å². The van der Waals surface area contributed by atoms with Gasteiger partial charge in [0, 0.05) is 11.1 Å². The first-order valence-electron chi connectivity index (χ1n) is 6.17. The Balaban J connectivity index is 1.93. The molecule has 0 saturated heterocycles. The third-order valence-electron chi connectivity index (χ3n) is 3.17. The molecule has 0 aromatic heterocycles. The minimum atomic E-state index is -0.344. The Kier molecular flexibility index (Phi) is 3.33. The highest BCUT2D eigenvalue weighted by atomic mass is 79.9. The highest BCUT2D eigenvalue weighted by Crippen LogP contribution is 2.36. The Morgan fingerprint density at radius 3 is 3.11 bits per heavy atom. The molecule has 0 fully saturated rings. The Morgan fingerprint density at radius 1 is 1.47 bits per heavy atom. The van der Waals surface area contributed by atoms with Crippen LogP contribution < -0.4 is 4.74 Å². The third-order valence-corrected chi connectivity index (χ3v) is 3.66. The zero-order valence-electron chi connectivity index (χ0n) is 10.4. The number of halogens is 1. The molecule has 0 N–H and O–H groups in total. The number of benzene rings is 1. The molecule has 0 aliphatic carbocycles. The predicted molar refractivity (Wildman–Crippen MR) is 72.1 cm³/mol. The van der Waals surface area contributed by atoms with Crippen LogP contribution in [0.5, 0.6) is 5.75 Å². The molecular weight excluding hydrogens is 312 g/mol. The highest BCUT2D eigenvalue weighted by Gasteiger charge is 2.37. The van der Waals surface area contributed by atoms with Gasteiger partial charge in [0.25, 0.3) is 0 Å². The summed E-state index contributed by atoms with van der Waals surface area (Å²) in [7, 11) is 0. The minimum Gasteiger partial charge on any atom is -0.484 e. The lowest BCUT2D eigenvalue weighted by Crippen LogP contribution is -2.38. The molecule has 19 heavy (non-hydrogen) atoms. The van der Waals surface area contributed by atoms with Crippen molar-refractivity contribution in [2.45, 2.75) is 25.7 Å². The van der Waals surface area contributed by atoms with Crippen LogP contribution in [0.1, 0.15) is 23.7 Å². The number of fused-ring (bicyclic) bond motifs is 2. The van der Waals surface area contributed by atoms with Gasteiger partial charge >= 0.3 is 0 Å². The first-order chi connectivity index (χ1) is 9.19. The van der Waals surface area contributed by atoms with Gasteiger partial charge in [-0.2, -0.15) is 0 Å².